The lowest BCUT2D eigenvalue weighted by Gasteiger charge is -2.06. The highest BCUT2D eigenvalue weighted by atomic mass is 16.5. The van der Waals surface area contributed by atoms with Crippen molar-refractivity contribution in [1.29, 1.82) is 0 Å². The van der Waals surface area contributed by atoms with Gasteiger partial charge in [0.15, 0.2) is 5.76 Å². The Balaban J connectivity index is 1.47. The van der Waals surface area contributed by atoms with Crippen molar-refractivity contribution in [2.75, 3.05) is 20.2 Å². The maximum atomic E-state index is 12.0. The Labute approximate surface area is 143 Å². The Morgan fingerprint density at radius 1 is 1.12 bits per heavy atom. The average molecular weight is 342 g/mol. The van der Waals surface area contributed by atoms with E-state index >= 15 is 0 Å². The van der Waals surface area contributed by atoms with Crippen LogP contribution in [-0.4, -0.2) is 32.0 Å². The number of carbonyl (C=O) groups is 2. The third-order valence-electron chi connectivity index (χ3n) is 3.69. The number of fused-ring (bicyclic) bond motifs is 1. The lowest BCUT2D eigenvalue weighted by atomic mass is 10.1. The Morgan fingerprint density at radius 2 is 1.96 bits per heavy atom. The van der Waals surface area contributed by atoms with Crippen molar-refractivity contribution in [1.82, 2.24) is 10.6 Å². The molecule has 0 saturated heterocycles. The SMILES string of the molecule is COc1ccc2c(CC(=O)NCCNC(=O)c3ccco3)coc2c1. The summed E-state index contributed by atoms with van der Waals surface area (Å²) < 4.78 is 15.6. The molecule has 0 fully saturated rings. The van der Waals surface area contributed by atoms with E-state index in [-0.39, 0.29) is 24.0 Å². The fourth-order valence-electron chi connectivity index (χ4n) is 2.44. The Hall–Kier alpha value is -3.22. The number of ether oxygens (including phenoxy) is 1. The van der Waals surface area contributed by atoms with Crippen LogP contribution in [0, 0.1) is 0 Å². The molecule has 0 spiro atoms. The van der Waals surface area contributed by atoms with Gasteiger partial charge in [0.05, 0.1) is 26.1 Å². The molecule has 130 valence electrons. The van der Waals surface area contributed by atoms with Gasteiger partial charge in [-0.2, -0.15) is 0 Å². The molecule has 2 amide bonds. The zero-order chi connectivity index (χ0) is 17.6. The number of rotatable bonds is 7. The molecule has 0 saturated carbocycles. The quantitative estimate of drug-likeness (QED) is 0.642. The zero-order valence-electron chi connectivity index (χ0n) is 13.7. The first-order chi connectivity index (χ1) is 12.2. The van der Waals surface area contributed by atoms with Crippen LogP contribution in [0.5, 0.6) is 5.75 Å². The van der Waals surface area contributed by atoms with Gasteiger partial charge in [-0.05, 0) is 24.3 Å². The summed E-state index contributed by atoms with van der Waals surface area (Å²) >= 11 is 0. The van der Waals surface area contributed by atoms with E-state index in [4.69, 9.17) is 13.6 Å². The summed E-state index contributed by atoms with van der Waals surface area (Å²) in [4.78, 5) is 23.7. The number of furan rings is 2. The van der Waals surface area contributed by atoms with Gasteiger partial charge in [-0.1, -0.05) is 0 Å². The number of hydrogen-bond acceptors (Lipinski definition) is 5. The minimum absolute atomic E-state index is 0.147. The fourth-order valence-corrected chi connectivity index (χ4v) is 2.44. The van der Waals surface area contributed by atoms with Crippen molar-refractivity contribution in [3.63, 3.8) is 0 Å². The average Bonchev–Trinajstić information content (AvgIpc) is 3.28. The molecule has 1 aromatic carbocycles. The molecule has 0 aliphatic carbocycles. The summed E-state index contributed by atoms with van der Waals surface area (Å²) in [5, 5.41) is 6.30. The third-order valence-corrected chi connectivity index (χ3v) is 3.69. The van der Waals surface area contributed by atoms with E-state index in [1.165, 1.54) is 6.26 Å². The lowest BCUT2D eigenvalue weighted by Crippen LogP contribution is -2.35. The van der Waals surface area contributed by atoms with E-state index < -0.39 is 0 Å². The number of hydrogen-bond donors (Lipinski definition) is 2. The standard InChI is InChI=1S/C18H18N2O5/c1-23-13-4-5-14-12(11-25-16(14)10-13)9-17(21)19-6-7-20-18(22)15-3-2-8-24-15/h2-5,8,10-11H,6-7,9H2,1H3,(H,19,21)(H,20,22). The molecule has 2 N–H and O–H groups in total. The van der Waals surface area contributed by atoms with Gasteiger partial charge in [-0.15, -0.1) is 0 Å². The first kappa shape index (κ1) is 16.6. The van der Waals surface area contributed by atoms with Crippen LogP contribution in [0.2, 0.25) is 0 Å². The van der Waals surface area contributed by atoms with Gasteiger partial charge in [0.25, 0.3) is 5.91 Å². The summed E-state index contributed by atoms with van der Waals surface area (Å²) in [6.07, 6.45) is 3.20. The Kier molecular flexibility index (Phi) is 5.03. The van der Waals surface area contributed by atoms with E-state index in [9.17, 15) is 9.59 Å². The van der Waals surface area contributed by atoms with Crippen LogP contribution in [-0.2, 0) is 11.2 Å². The number of carbonyl (C=O) groups excluding carboxylic acids is 2. The van der Waals surface area contributed by atoms with E-state index in [2.05, 4.69) is 10.6 Å². The molecular formula is C18H18N2O5. The maximum Gasteiger partial charge on any atom is 0.287 e. The number of methoxy groups -OCH3 is 1. The normalized spacial score (nSPS) is 10.6. The first-order valence-corrected chi connectivity index (χ1v) is 7.80. The second-order valence-electron chi connectivity index (χ2n) is 5.38. The van der Waals surface area contributed by atoms with Crippen molar-refractivity contribution >= 4 is 22.8 Å². The summed E-state index contributed by atoms with van der Waals surface area (Å²) in [7, 11) is 1.59. The Morgan fingerprint density at radius 3 is 2.72 bits per heavy atom. The second-order valence-corrected chi connectivity index (χ2v) is 5.38. The minimum Gasteiger partial charge on any atom is -0.497 e. The van der Waals surface area contributed by atoms with Gasteiger partial charge in [0, 0.05) is 30.1 Å². The molecule has 2 aromatic heterocycles. The van der Waals surface area contributed by atoms with E-state index in [1.807, 2.05) is 12.1 Å². The van der Waals surface area contributed by atoms with E-state index in [1.54, 1.807) is 31.6 Å². The summed E-state index contributed by atoms with van der Waals surface area (Å²) in [6, 6.07) is 8.68. The highest BCUT2D eigenvalue weighted by molar-refractivity contribution is 5.91. The van der Waals surface area contributed by atoms with Crippen LogP contribution in [0.4, 0.5) is 0 Å². The Bertz CT molecular complexity index is 867. The molecular weight excluding hydrogens is 324 g/mol. The van der Waals surface area contributed by atoms with E-state index in [0.29, 0.717) is 24.4 Å². The lowest BCUT2D eigenvalue weighted by molar-refractivity contribution is -0.120. The number of nitrogens with one attached hydrogen (secondary N) is 2. The highest BCUT2D eigenvalue weighted by Crippen LogP contribution is 2.25. The van der Waals surface area contributed by atoms with Crippen molar-refractivity contribution in [3.05, 3.63) is 54.2 Å². The zero-order valence-corrected chi connectivity index (χ0v) is 13.7. The maximum absolute atomic E-state index is 12.0. The van der Waals surface area contributed by atoms with Crippen LogP contribution >= 0.6 is 0 Å². The van der Waals surface area contributed by atoms with Gasteiger partial charge in [-0.3, -0.25) is 9.59 Å². The second kappa shape index (κ2) is 7.57. The molecule has 3 aromatic rings. The predicted octanol–water partition coefficient (Wildman–Crippen LogP) is 2.12. The van der Waals surface area contributed by atoms with Crippen LogP contribution in [0.1, 0.15) is 16.1 Å². The van der Waals surface area contributed by atoms with Gasteiger partial charge in [-0.25, -0.2) is 0 Å². The summed E-state index contributed by atoms with van der Waals surface area (Å²) in [6.45, 7) is 0.642. The molecule has 0 aliphatic heterocycles. The van der Waals surface area contributed by atoms with Crippen LogP contribution < -0.4 is 15.4 Å². The first-order valence-electron chi connectivity index (χ1n) is 7.80. The summed E-state index contributed by atoms with van der Waals surface area (Å²) in [5.74, 6) is 0.483. The van der Waals surface area contributed by atoms with Crippen LogP contribution in [0.15, 0.2) is 51.7 Å². The molecule has 0 bridgehead atoms. The number of amides is 2. The van der Waals surface area contributed by atoms with Crippen molar-refractivity contribution < 1.29 is 23.2 Å². The molecule has 7 heteroatoms. The monoisotopic (exact) mass is 342 g/mol. The van der Waals surface area contributed by atoms with Gasteiger partial charge in [0.2, 0.25) is 5.91 Å². The minimum atomic E-state index is -0.311. The largest absolute Gasteiger partial charge is 0.497 e. The number of benzene rings is 1. The van der Waals surface area contributed by atoms with Crippen molar-refractivity contribution in [2.45, 2.75) is 6.42 Å². The smallest absolute Gasteiger partial charge is 0.287 e. The molecule has 0 radical (unpaired) electrons. The topological polar surface area (TPSA) is 93.7 Å². The molecule has 0 aliphatic rings. The highest BCUT2D eigenvalue weighted by Gasteiger charge is 2.11. The van der Waals surface area contributed by atoms with Gasteiger partial charge < -0.3 is 24.2 Å². The molecule has 0 atom stereocenters. The van der Waals surface area contributed by atoms with E-state index in [0.717, 1.165) is 10.9 Å². The molecule has 3 rings (SSSR count). The van der Waals surface area contributed by atoms with Crippen molar-refractivity contribution in [2.24, 2.45) is 0 Å². The fraction of sp³-hybridized carbons (Fsp3) is 0.222. The molecule has 2 heterocycles. The van der Waals surface area contributed by atoms with Crippen LogP contribution in [0.3, 0.4) is 0 Å². The van der Waals surface area contributed by atoms with Gasteiger partial charge >= 0.3 is 0 Å². The predicted molar refractivity (Wildman–Crippen MR) is 90.5 cm³/mol. The third kappa shape index (κ3) is 4.00. The van der Waals surface area contributed by atoms with Gasteiger partial charge in [0.1, 0.15) is 11.3 Å². The molecule has 0 unspecified atom stereocenters. The summed E-state index contributed by atoms with van der Waals surface area (Å²) in [5.41, 5.74) is 1.47. The van der Waals surface area contributed by atoms with Crippen LogP contribution in [0.25, 0.3) is 11.0 Å². The van der Waals surface area contributed by atoms with Crippen molar-refractivity contribution in [3.8, 4) is 5.75 Å². The molecule has 7 nitrogen and oxygen atoms in total. The molecule has 25 heavy (non-hydrogen) atoms.